The highest BCUT2D eigenvalue weighted by atomic mass is 19.4. The zero-order chi connectivity index (χ0) is 19.9. The molecule has 0 radical (unpaired) electrons. The first kappa shape index (κ1) is 21.7. The summed E-state index contributed by atoms with van der Waals surface area (Å²) in [6.45, 7) is 6.37. The third-order valence-electron chi connectivity index (χ3n) is 4.98. The predicted molar refractivity (Wildman–Crippen MR) is 99.4 cm³/mol. The zero-order valence-corrected chi connectivity index (χ0v) is 15.9. The number of nitrogens with zero attached hydrogens (tertiary/aromatic N) is 2. The fourth-order valence-corrected chi connectivity index (χ4v) is 3.49. The molecule has 2 unspecified atom stereocenters. The van der Waals surface area contributed by atoms with Gasteiger partial charge < -0.3 is 10.6 Å². The van der Waals surface area contributed by atoms with Gasteiger partial charge in [0, 0.05) is 32.7 Å². The molecule has 8 heteroatoms. The third-order valence-corrected chi connectivity index (χ3v) is 4.98. The summed E-state index contributed by atoms with van der Waals surface area (Å²) < 4.78 is 40.6. The minimum atomic E-state index is -4.39. The van der Waals surface area contributed by atoms with E-state index in [4.69, 9.17) is 0 Å². The number of hydrogen-bond donors (Lipinski definition) is 2. The van der Waals surface area contributed by atoms with Gasteiger partial charge in [0.2, 0.25) is 5.91 Å². The number of halogens is 3. The summed E-state index contributed by atoms with van der Waals surface area (Å²) in [4.78, 5) is 16.2. The highest BCUT2D eigenvalue weighted by Gasteiger charge is 2.44. The van der Waals surface area contributed by atoms with Gasteiger partial charge in [0.05, 0.1) is 0 Å². The lowest BCUT2D eigenvalue weighted by atomic mass is 10.0. The van der Waals surface area contributed by atoms with Gasteiger partial charge in [0.25, 0.3) is 0 Å². The predicted octanol–water partition coefficient (Wildman–Crippen LogP) is 2.02. The Morgan fingerprint density at radius 2 is 1.78 bits per heavy atom. The molecule has 27 heavy (non-hydrogen) atoms. The van der Waals surface area contributed by atoms with Crippen LogP contribution in [0.4, 0.5) is 13.2 Å². The Hall–Kier alpha value is -1.64. The third kappa shape index (κ3) is 5.92. The van der Waals surface area contributed by atoms with Crippen molar-refractivity contribution in [2.45, 2.75) is 32.1 Å². The number of likely N-dealkylation sites (N-methyl/N-ethyl adjacent to an activating group) is 1. The molecule has 1 aromatic carbocycles. The van der Waals surface area contributed by atoms with Gasteiger partial charge in [0.15, 0.2) is 0 Å². The maximum absolute atomic E-state index is 13.5. The Morgan fingerprint density at radius 3 is 2.30 bits per heavy atom. The van der Waals surface area contributed by atoms with E-state index >= 15 is 0 Å². The van der Waals surface area contributed by atoms with Gasteiger partial charge in [-0.1, -0.05) is 44.2 Å². The SMILES string of the molecule is CCN(CC)C(C(=O)NCC(N1CCNCC1)C(F)(F)F)c1ccccc1. The molecule has 2 rings (SSSR count). The van der Waals surface area contributed by atoms with Crippen molar-refractivity contribution in [3.63, 3.8) is 0 Å². The Morgan fingerprint density at radius 1 is 1.19 bits per heavy atom. The van der Waals surface area contributed by atoms with Crippen molar-refractivity contribution in [2.75, 3.05) is 45.8 Å². The largest absolute Gasteiger partial charge is 0.405 e. The maximum atomic E-state index is 13.5. The van der Waals surface area contributed by atoms with E-state index in [1.165, 1.54) is 4.90 Å². The van der Waals surface area contributed by atoms with Crippen LogP contribution in [-0.2, 0) is 4.79 Å². The molecule has 2 atom stereocenters. The zero-order valence-electron chi connectivity index (χ0n) is 15.9. The van der Waals surface area contributed by atoms with Crippen LogP contribution < -0.4 is 10.6 Å². The Kier molecular flexibility index (Phi) is 8.07. The lowest BCUT2D eigenvalue weighted by Gasteiger charge is -2.36. The van der Waals surface area contributed by atoms with Crippen molar-refractivity contribution in [1.82, 2.24) is 20.4 Å². The van der Waals surface area contributed by atoms with Crippen molar-refractivity contribution >= 4 is 5.91 Å². The molecular weight excluding hydrogens is 357 g/mol. The van der Waals surface area contributed by atoms with Gasteiger partial charge in [0.1, 0.15) is 12.1 Å². The molecule has 0 bridgehead atoms. The molecule has 1 saturated heterocycles. The molecule has 1 aliphatic rings. The number of hydrogen-bond acceptors (Lipinski definition) is 4. The van der Waals surface area contributed by atoms with E-state index < -0.39 is 30.7 Å². The lowest BCUT2D eigenvalue weighted by molar-refractivity contribution is -0.184. The van der Waals surface area contributed by atoms with Crippen LogP contribution in [0.2, 0.25) is 0 Å². The Balaban J connectivity index is 2.12. The van der Waals surface area contributed by atoms with Gasteiger partial charge in [-0.3, -0.25) is 14.6 Å². The summed E-state index contributed by atoms with van der Waals surface area (Å²) in [6, 6.07) is 6.91. The number of alkyl halides is 3. The molecule has 1 aliphatic heterocycles. The van der Waals surface area contributed by atoms with Crippen LogP contribution in [0, 0.1) is 0 Å². The number of carbonyl (C=O) groups is 1. The molecule has 0 aromatic heterocycles. The van der Waals surface area contributed by atoms with E-state index in [9.17, 15) is 18.0 Å². The summed E-state index contributed by atoms with van der Waals surface area (Å²) in [7, 11) is 0. The van der Waals surface area contributed by atoms with E-state index in [-0.39, 0.29) is 0 Å². The van der Waals surface area contributed by atoms with Gasteiger partial charge >= 0.3 is 6.18 Å². The van der Waals surface area contributed by atoms with Gasteiger partial charge in [-0.2, -0.15) is 13.2 Å². The standard InChI is InChI=1S/C19H29F3N4O/c1-3-25(4-2)17(15-8-6-5-7-9-15)18(27)24-14-16(19(20,21)22)26-12-10-23-11-13-26/h5-9,16-17,23H,3-4,10-14H2,1-2H3,(H,24,27). The number of benzene rings is 1. The smallest absolute Gasteiger partial charge is 0.353 e. The van der Waals surface area contributed by atoms with E-state index in [1.54, 1.807) is 0 Å². The quantitative estimate of drug-likeness (QED) is 0.718. The van der Waals surface area contributed by atoms with Crippen LogP contribution in [0.1, 0.15) is 25.5 Å². The molecule has 152 valence electrons. The second kappa shape index (κ2) is 10.1. The second-order valence-corrected chi connectivity index (χ2v) is 6.62. The molecule has 1 aromatic rings. The van der Waals surface area contributed by atoms with Crippen LogP contribution in [0.5, 0.6) is 0 Å². The van der Waals surface area contributed by atoms with Crippen molar-refractivity contribution < 1.29 is 18.0 Å². The van der Waals surface area contributed by atoms with Gasteiger partial charge in [-0.05, 0) is 18.7 Å². The number of rotatable bonds is 8. The summed E-state index contributed by atoms with van der Waals surface area (Å²) in [5.74, 6) is -0.394. The van der Waals surface area contributed by atoms with E-state index in [2.05, 4.69) is 10.6 Å². The number of amides is 1. The highest BCUT2D eigenvalue weighted by Crippen LogP contribution is 2.26. The molecule has 0 spiro atoms. The topological polar surface area (TPSA) is 47.6 Å². The van der Waals surface area contributed by atoms with E-state index in [0.29, 0.717) is 39.3 Å². The molecule has 2 N–H and O–H groups in total. The van der Waals surface area contributed by atoms with Crippen molar-refractivity contribution in [3.05, 3.63) is 35.9 Å². The first-order valence-electron chi connectivity index (χ1n) is 9.46. The van der Waals surface area contributed by atoms with Crippen LogP contribution in [-0.4, -0.2) is 73.7 Å². The Bertz CT molecular complexity index is 572. The highest BCUT2D eigenvalue weighted by molar-refractivity contribution is 5.83. The van der Waals surface area contributed by atoms with Crippen LogP contribution >= 0.6 is 0 Å². The van der Waals surface area contributed by atoms with Crippen molar-refractivity contribution in [2.24, 2.45) is 0 Å². The number of piperazine rings is 1. The molecule has 0 saturated carbocycles. The molecule has 1 fully saturated rings. The van der Waals surface area contributed by atoms with Crippen LogP contribution in [0.25, 0.3) is 0 Å². The fourth-order valence-electron chi connectivity index (χ4n) is 3.49. The second-order valence-electron chi connectivity index (χ2n) is 6.62. The Labute approximate surface area is 158 Å². The minimum absolute atomic E-state index is 0.318. The van der Waals surface area contributed by atoms with E-state index in [1.807, 2.05) is 49.1 Å². The normalized spacial score (nSPS) is 18.3. The van der Waals surface area contributed by atoms with Gasteiger partial charge in [-0.15, -0.1) is 0 Å². The lowest BCUT2D eigenvalue weighted by Crippen LogP contribution is -2.58. The summed E-state index contributed by atoms with van der Waals surface area (Å²) in [5.41, 5.74) is 0.782. The van der Waals surface area contributed by atoms with Crippen LogP contribution in [0.15, 0.2) is 30.3 Å². The number of carbonyl (C=O) groups excluding carboxylic acids is 1. The average Bonchev–Trinajstić information content (AvgIpc) is 2.66. The summed E-state index contributed by atoms with van der Waals surface area (Å²) in [5, 5.41) is 5.62. The van der Waals surface area contributed by atoms with E-state index in [0.717, 1.165) is 5.56 Å². The number of nitrogens with one attached hydrogen (secondary N) is 2. The summed E-state index contributed by atoms with van der Waals surface area (Å²) in [6.07, 6.45) is -4.39. The molecule has 1 heterocycles. The minimum Gasteiger partial charge on any atom is -0.353 e. The van der Waals surface area contributed by atoms with Crippen molar-refractivity contribution in [1.29, 1.82) is 0 Å². The first-order valence-corrected chi connectivity index (χ1v) is 9.46. The molecule has 0 aliphatic carbocycles. The molecule has 1 amide bonds. The first-order chi connectivity index (χ1) is 12.9. The maximum Gasteiger partial charge on any atom is 0.405 e. The fraction of sp³-hybridized carbons (Fsp3) is 0.632. The molecular formula is C19H29F3N4O. The molecule has 5 nitrogen and oxygen atoms in total. The monoisotopic (exact) mass is 386 g/mol. The summed E-state index contributed by atoms with van der Waals surface area (Å²) >= 11 is 0. The van der Waals surface area contributed by atoms with Crippen molar-refractivity contribution in [3.8, 4) is 0 Å². The van der Waals surface area contributed by atoms with Crippen LogP contribution in [0.3, 0.4) is 0 Å². The average molecular weight is 386 g/mol. The van der Waals surface area contributed by atoms with Gasteiger partial charge in [-0.25, -0.2) is 0 Å².